The maximum absolute atomic E-state index is 6.28. The number of halogens is 1. The number of benzene rings is 3. The summed E-state index contributed by atoms with van der Waals surface area (Å²) >= 11 is 6.28. The molecule has 1 aliphatic rings. The molecule has 0 saturated carbocycles. The van der Waals surface area contributed by atoms with Gasteiger partial charge in [-0.2, -0.15) is 0 Å². The maximum atomic E-state index is 6.28. The van der Waals surface area contributed by atoms with E-state index in [0.29, 0.717) is 24.0 Å². The first-order chi connectivity index (χ1) is 15.6. The van der Waals surface area contributed by atoms with E-state index in [4.69, 9.17) is 30.5 Å². The highest BCUT2D eigenvalue weighted by Gasteiger charge is 2.22. The predicted octanol–water partition coefficient (Wildman–Crippen LogP) is 5.82. The molecule has 0 saturated heterocycles. The lowest BCUT2D eigenvalue weighted by Crippen LogP contribution is -2.25. The molecule has 1 heterocycles. The Kier molecular flexibility index (Phi) is 7.08. The summed E-state index contributed by atoms with van der Waals surface area (Å²) < 4.78 is 22.9. The highest BCUT2D eigenvalue weighted by Crippen LogP contribution is 2.41. The minimum absolute atomic E-state index is 0.597. The Morgan fingerprint density at radius 2 is 1.75 bits per heavy atom. The predicted molar refractivity (Wildman–Crippen MR) is 127 cm³/mol. The zero-order valence-electron chi connectivity index (χ0n) is 18.7. The summed E-state index contributed by atoms with van der Waals surface area (Å²) in [5, 5.41) is 0.656. The number of hydrogen-bond acceptors (Lipinski definition) is 5. The molecule has 3 aromatic rings. The fourth-order valence-electron chi connectivity index (χ4n) is 4.00. The Balaban J connectivity index is 1.64. The van der Waals surface area contributed by atoms with Crippen LogP contribution in [0.1, 0.15) is 18.1 Å². The fourth-order valence-corrected chi connectivity index (χ4v) is 4.17. The lowest BCUT2D eigenvalue weighted by molar-refractivity contribution is 0.217. The second kappa shape index (κ2) is 10.2. The Bertz CT molecular complexity index is 1070. The van der Waals surface area contributed by atoms with Gasteiger partial charge in [0.2, 0.25) is 0 Å². The molecule has 168 valence electrons. The third kappa shape index (κ3) is 4.95. The Labute approximate surface area is 194 Å². The van der Waals surface area contributed by atoms with Crippen molar-refractivity contribution in [2.24, 2.45) is 0 Å². The molecule has 0 amide bonds. The van der Waals surface area contributed by atoms with Gasteiger partial charge in [0.1, 0.15) is 18.1 Å². The zero-order chi connectivity index (χ0) is 22.5. The third-order valence-corrected chi connectivity index (χ3v) is 5.75. The van der Waals surface area contributed by atoms with E-state index >= 15 is 0 Å². The number of methoxy groups -OCH3 is 2. The summed E-state index contributed by atoms with van der Waals surface area (Å²) in [6.45, 7) is 5.64. The van der Waals surface area contributed by atoms with Crippen LogP contribution in [-0.2, 0) is 13.1 Å². The quantitative estimate of drug-likeness (QED) is 0.451. The molecule has 0 atom stereocenters. The number of ether oxygens (including phenoxy) is 4. The first-order valence-electron chi connectivity index (χ1n) is 10.7. The Morgan fingerprint density at radius 3 is 2.47 bits per heavy atom. The van der Waals surface area contributed by atoms with Crippen LogP contribution in [0.25, 0.3) is 11.1 Å². The number of nitrogens with zero attached hydrogens (tertiary/aromatic N) is 1. The second-order valence-electron chi connectivity index (χ2n) is 7.65. The molecule has 1 aliphatic heterocycles. The highest BCUT2D eigenvalue weighted by atomic mass is 35.5. The fraction of sp³-hybridized carbons (Fsp3) is 0.308. The minimum Gasteiger partial charge on any atom is -0.496 e. The molecule has 0 radical (unpaired) electrons. The van der Waals surface area contributed by atoms with Crippen LogP contribution in [0, 0.1) is 0 Å². The SMILES string of the molecule is CCOc1ccc(CN2CCOc3c(cc(-c4cc(Cl)ccc4OC)cc3OC)C2)cc1. The van der Waals surface area contributed by atoms with Crippen molar-refractivity contribution < 1.29 is 18.9 Å². The summed E-state index contributed by atoms with van der Waals surface area (Å²) in [6, 6.07) is 18.0. The molecule has 0 aromatic heterocycles. The van der Waals surface area contributed by atoms with Gasteiger partial charge >= 0.3 is 0 Å². The summed E-state index contributed by atoms with van der Waals surface area (Å²) in [5.41, 5.74) is 4.20. The van der Waals surface area contributed by atoms with Gasteiger partial charge in [0.15, 0.2) is 11.5 Å². The van der Waals surface area contributed by atoms with E-state index in [9.17, 15) is 0 Å². The van der Waals surface area contributed by atoms with Gasteiger partial charge in [-0.05, 0) is 60.5 Å². The van der Waals surface area contributed by atoms with E-state index in [1.807, 2.05) is 43.3 Å². The molecule has 3 aromatic carbocycles. The van der Waals surface area contributed by atoms with Crippen LogP contribution in [0.5, 0.6) is 23.0 Å². The molecular formula is C26H28ClNO4. The van der Waals surface area contributed by atoms with Crippen LogP contribution in [0.3, 0.4) is 0 Å². The van der Waals surface area contributed by atoms with Crippen molar-refractivity contribution in [2.45, 2.75) is 20.0 Å². The normalized spacial score (nSPS) is 13.6. The van der Waals surface area contributed by atoms with Gasteiger partial charge in [0.25, 0.3) is 0 Å². The van der Waals surface area contributed by atoms with Crippen LogP contribution in [0.15, 0.2) is 54.6 Å². The molecule has 4 rings (SSSR count). The molecule has 0 aliphatic carbocycles. The van der Waals surface area contributed by atoms with Crippen LogP contribution < -0.4 is 18.9 Å². The first kappa shape index (κ1) is 22.3. The smallest absolute Gasteiger partial charge is 0.165 e. The summed E-state index contributed by atoms with van der Waals surface area (Å²) in [4.78, 5) is 2.37. The first-order valence-corrected chi connectivity index (χ1v) is 11.1. The van der Waals surface area contributed by atoms with Gasteiger partial charge in [0.05, 0.1) is 20.8 Å². The number of hydrogen-bond donors (Lipinski definition) is 0. The average Bonchev–Trinajstić information content (AvgIpc) is 3.01. The summed E-state index contributed by atoms with van der Waals surface area (Å²) in [7, 11) is 3.33. The van der Waals surface area contributed by atoms with Crippen molar-refractivity contribution in [3.63, 3.8) is 0 Å². The van der Waals surface area contributed by atoms with Crippen LogP contribution in [0.4, 0.5) is 0 Å². The molecule has 5 nitrogen and oxygen atoms in total. The third-order valence-electron chi connectivity index (χ3n) is 5.51. The van der Waals surface area contributed by atoms with Gasteiger partial charge < -0.3 is 18.9 Å². The van der Waals surface area contributed by atoms with Gasteiger partial charge in [-0.3, -0.25) is 4.90 Å². The monoisotopic (exact) mass is 453 g/mol. The van der Waals surface area contributed by atoms with E-state index in [2.05, 4.69) is 23.1 Å². The van der Waals surface area contributed by atoms with Crippen molar-refractivity contribution in [3.8, 4) is 34.1 Å². The Hall–Kier alpha value is -2.89. The lowest BCUT2D eigenvalue weighted by Gasteiger charge is -2.20. The largest absolute Gasteiger partial charge is 0.496 e. The molecule has 0 fully saturated rings. The van der Waals surface area contributed by atoms with Gasteiger partial charge in [-0.25, -0.2) is 0 Å². The molecule has 0 bridgehead atoms. The van der Waals surface area contributed by atoms with Crippen LogP contribution in [-0.4, -0.2) is 38.9 Å². The lowest BCUT2D eigenvalue weighted by atomic mass is 10.00. The second-order valence-corrected chi connectivity index (χ2v) is 8.08. The Morgan fingerprint density at radius 1 is 0.969 bits per heavy atom. The van der Waals surface area contributed by atoms with E-state index in [0.717, 1.165) is 53.6 Å². The highest BCUT2D eigenvalue weighted by molar-refractivity contribution is 6.31. The minimum atomic E-state index is 0.597. The van der Waals surface area contributed by atoms with Crippen molar-refractivity contribution in [1.29, 1.82) is 0 Å². The zero-order valence-corrected chi connectivity index (χ0v) is 19.4. The van der Waals surface area contributed by atoms with E-state index in [1.165, 1.54) is 5.56 Å². The topological polar surface area (TPSA) is 40.2 Å². The standard InChI is InChI=1S/C26H28ClNO4/c1-4-31-22-8-5-18(6-9-22)16-28-11-12-32-26-20(17-28)13-19(14-25(26)30-3)23-15-21(27)7-10-24(23)29-2/h5-10,13-15H,4,11-12,16-17H2,1-3H3. The molecule has 6 heteroatoms. The molecule has 0 unspecified atom stereocenters. The van der Waals surface area contributed by atoms with Gasteiger partial charge in [-0.1, -0.05) is 23.7 Å². The summed E-state index contributed by atoms with van der Waals surface area (Å²) in [6.07, 6.45) is 0. The van der Waals surface area contributed by atoms with Gasteiger partial charge in [-0.15, -0.1) is 0 Å². The number of rotatable bonds is 7. The molecular weight excluding hydrogens is 426 g/mol. The van der Waals surface area contributed by atoms with Crippen molar-refractivity contribution >= 4 is 11.6 Å². The molecule has 0 N–H and O–H groups in total. The van der Waals surface area contributed by atoms with Crippen LogP contribution >= 0.6 is 11.6 Å². The van der Waals surface area contributed by atoms with Crippen molar-refractivity contribution in [2.75, 3.05) is 34.0 Å². The van der Waals surface area contributed by atoms with E-state index in [1.54, 1.807) is 14.2 Å². The average molecular weight is 454 g/mol. The molecule has 0 spiro atoms. The molecule has 32 heavy (non-hydrogen) atoms. The maximum Gasteiger partial charge on any atom is 0.165 e. The number of fused-ring (bicyclic) bond motifs is 1. The summed E-state index contributed by atoms with van der Waals surface area (Å²) in [5.74, 6) is 3.16. The van der Waals surface area contributed by atoms with Crippen molar-refractivity contribution in [1.82, 2.24) is 4.90 Å². The van der Waals surface area contributed by atoms with Crippen molar-refractivity contribution in [3.05, 3.63) is 70.7 Å². The van der Waals surface area contributed by atoms with E-state index < -0.39 is 0 Å². The van der Waals surface area contributed by atoms with Crippen LogP contribution in [0.2, 0.25) is 5.02 Å². The van der Waals surface area contributed by atoms with E-state index in [-0.39, 0.29) is 0 Å². The van der Waals surface area contributed by atoms with Gasteiger partial charge in [0, 0.05) is 35.8 Å².